The lowest BCUT2D eigenvalue weighted by molar-refractivity contribution is -0.147. The van der Waals surface area contributed by atoms with Gasteiger partial charge in [-0.05, 0) is 32.0 Å². The molecule has 0 radical (unpaired) electrons. The normalized spacial score (nSPS) is 11.9. The quantitative estimate of drug-likeness (QED) is 0.466. The standard InChI is InChI=1S/C17H17F3N4O2S/c1-10-7-13(11(2)24(10)8-12-5-4-6-26-12)14(25)9-27-16-22-21-15(23(16)3)17(18,19)20/h4-7H,8-9H2,1-3H3. The molecule has 3 aromatic rings. The molecule has 0 unspecified atom stereocenters. The summed E-state index contributed by atoms with van der Waals surface area (Å²) in [6.45, 7) is 4.22. The van der Waals surface area contributed by atoms with Crippen LogP contribution in [0.15, 0.2) is 34.0 Å². The topological polar surface area (TPSA) is 65.8 Å². The van der Waals surface area contributed by atoms with Crippen LogP contribution in [0, 0.1) is 13.8 Å². The number of carbonyl (C=O) groups is 1. The number of rotatable bonds is 6. The number of hydrogen-bond donors (Lipinski definition) is 0. The zero-order chi connectivity index (χ0) is 19.8. The maximum Gasteiger partial charge on any atom is 0.451 e. The van der Waals surface area contributed by atoms with Crippen LogP contribution in [0.2, 0.25) is 0 Å². The van der Waals surface area contributed by atoms with Gasteiger partial charge in [0.1, 0.15) is 5.76 Å². The summed E-state index contributed by atoms with van der Waals surface area (Å²) >= 11 is 0.928. The summed E-state index contributed by atoms with van der Waals surface area (Å²) in [4.78, 5) is 12.6. The first-order valence-corrected chi connectivity index (χ1v) is 8.98. The van der Waals surface area contributed by atoms with Crippen molar-refractivity contribution in [2.75, 3.05) is 5.75 Å². The predicted octanol–water partition coefficient (Wildman–Crippen LogP) is 3.87. The molecule has 0 bridgehead atoms. The maximum atomic E-state index is 12.8. The van der Waals surface area contributed by atoms with Gasteiger partial charge in [-0.2, -0.15) is 13.2 Å². The molecule has 0 atom stereocenters. The van der Waals surface area contributed by atoms with E-state index in [2.05, 4.69) is 10.2 Å². The molecular weight excluding hydrogens is 381 g/mol. The van der Waals surface area contributed by atoms with Crippen LogP contribution in [0.25, 0.3) is 0 Å². The van der Waals surface area contributed by atoms with E-state index in [4.69, 9.17) is 4.42 Å². The summed E-state index contributed by atoms with van der Waals surface area (Å²) in [7, 11) is 1.23. The summed E-state index contributed by atoms with van der Waals surface area (Å²) in [5.74, 6) is -0.539. The Morgan fingerprint density at radius 3 is 2.63 bits per heavy atom. The van der Waals surface area contributed by atoms with Gasteiger partial charge in [-0.1, -0.05) is 11.8 Å². The molecule has 0 aliphatic carbocycles. The molecule has 0 aliphatic heterocycles. The van der Waals surface area contributed by atoms with Crippen LogP contribution < -0.4 is 0 Å². The molecule has 0 aromatic carbocycles. The van der Waals surface area contributed by atoms with Gasteiger partial charge in [0.05, 0.1) is 18.6 Å². The molecule has 3 aromatic heterocycles. The number of nitrogens with zero attached hydrogens (tertiary/aromatic N) is 4. The molecular formula is C17H17F3N4O2S. The van der Waals surface area contributed by atoms with Gasteiger partial charge in [-0.3, -0.25) is 4.79 Å². The smallest absolute Gasteiger partial charge is 0.451 e. The lowest BCUT2D eigenvalue weighted by atomic mass is 10.2. The zero-order valence-corrected chi connectivity index (χ0v) is 15.7. The number of carbonyl (C=O) groups excluding carboxylic acids is 1. The fraction of sp³-hybridized carbons (Fsp3) is 0.353. The highest BCUT2D eigenvalue weighted by molar-refractivity contribution is 7.99. The molecule has 3 rings (SSSR count). The van der Waals surface area contributed by atoms with Crippen LogP contribution >= 0.6 is 11.8 Å². The monoisotopic (exact) mass is 398 g/mol. The van der Waals surface area contributed by atoms with E-state index in [0.717, 1.165) is 33.5 Å². The summed E-state index contributed by atoms with van der Waals surface area (Å²) in [5, 5.41) is 6.73. The van der Waals surface area contributed by atoms with Gasteiger partial charge in [0.25, 0.3) is 0 Å². The van der Waals surface area contributed by atoms with E-state index in [0.29, 0.717) is 12.1 Å². The second-order valence-electron chi connectivity index (χ2n) is 6.03. The lowest BCUT2D eigenvalue weighted by Gasteiger charge is -2.08. The van der Waals surface area contributed by atoms with Crippen molar-refractivity contribution in [2.45, 2.75) is 31.7 Å². The number of aryl methyl sites for hydroxylation is 1. The van der Waals surface area contributed by atoms with Crippen LogP contribution in [0.1, 0.15) is 33.3 Å². The third kappa shape index (κ3) is 3.95. The Bertz CT molecular complexity index is 958. The van der Waals surface area contributed by atoms with Crippen LogP contribution in [0.4, 0.5) is 13.2 Å². The van der Waals surface area contributed by atoms with Crippen molar-refractivity contribution in [3.8, 4) is 0 Å². The van der Waals surface area contributed by atoms with Gasteiger partial charge in [-0.25, -0.2) is 0 Å². The van der Waals surface area contributed by atoms with Crippen LogP contribution in [-0.4, -0.2) is 30.9 Å². The molecule has 3 heterocycles. The summed E-state index contributed by atoms with van der Waals surface area (Å²) in [6, 6.07) is 5.42. The minimum atomic E-state index is -4.58. The summed E-state index contributed by atoms with van der Waals surface area (Å²) in [6.07, 6.45) is -3.00. The number of ketones is 1. The first-order valence-electron chi connectivity index (χ1n) is 8.00. The van der Waals surface area contributed by atoms with Gasteiger partial charge >= 0.3 is 6.18 Å². The second-order valence-corrected chi connectivity index (χ2v) is 6.97. The minimum Gasteiger partial charge on any atom is -0.467 e. The summed E-state index contributed by atoms with van der Waals surface area (Å²) < 4.78 is 46.5. The number of Topliss-reactive ketones (excluding diaryl/α,β-unsaturated/α-hetero) is 1. The summed E-state index contributed by atoms with van der Waals surface area (Å²) in [5.41, 5.74) is 2.21. The van der Waals surface area contributed by atoms with Gasteiger partial charge in [0.2, 0.25) is 5.82 Å². The maximum absolute atomic E-state index is 12.8. The Labute approximate surface area is 157 Å². The molecule has 0 N–H and O–H groups in total. The first kappa shape index (κ1) is 19.3. The van der Waals surface area contributed by atoms with Crippen molar-refractivity contribution in [2.24, 2.45) is 7.05 Å². The van der Waals surface area contributed by atoms with Gasteiger partial charge in [-0.15, -0.1) is 10.2 Å². The Hall–Kier alpha value is -2.49. The average molecular weight is 398 g/mol. The minimum absolute atomic E-state index is 0.0329. The van der Waals surface area contributed by atoms with Gasteiger partial charge in [0.15, 0.2) is 10.9 Å². The number of alkyl halides is 3. The SMILES string of the molecule is Cc1cc(C(=O)CSc2nnc(C(F)(F)F)n2C)c(C)n1Cc1ccco1. The Morgan fingerprint density at radius 2 is 2.04 bits per heavy atom. The molecule has 0 amide bonds. The van der Waals surface area contributed by atoms with Crippen molar-refractivity contribution in [3.63, 3.8) is 0 Å². The van der Waals surface area contributed by atoms with Crippen molar-refractivity contribution < 1.29 is 22.4 Å². The Balaban J connectivity index is 1.73. The molecule has 27 heavy (non-hydrogen) atoms. The van der Waals surface area contributed by atoms with Crippen LogP contribution in [0.5, 0.6) is 0 Å². The highest BCUT2D eigenvalue weighted by atomic mass is 32.2. The molecule has 0 saturated carbocycles. The van der Waals surface area contributed by atoms with Crippen molar-refractivity contribution in [1.29, 1.82) is 0 Å². The van der Waals surface area contributed by atoms with E-state index in [1.165, 1.54) is 7.05 Å². The van der Waals surface area contributed by atoms with E-state index in [9.17, 15) is 18.0 Å². The van der Waals surface area contributed by atoms with E-state index in [1.54, 1.807) is 18.4 Å². The molecule has 6 nitrogen and oxygen atoms in total. The van der Waals surface area contributed by atoms with Crippen LogP contribution in [-0.2, 0) is 19.8 Å². The Kier molecular flexibility index (Phi) is 5.18. The van der Waals surface area contributed by atoms with E-state index < -0.39 is 12.0 Å². The highest BCUT2D eigenvalue weighted by Crippen LogP contribution is 2.30. The van der Waals surface area contributed by atoms with Crippen LogP contribution in [0.3, 0.4) is 0 Å². The largest absolute Gasteiger partial charge is 0.467 e. The molecule has 0 fully saturated rings. The second kappa shape index (κ2) is 7.26. The number of furan rings is 1. The molecule has 0 spiro atoms. The molecule has 144 valence electrons. The fourth-order valence-electron chi connectivity index (χ4n) is 2.78. The number of hydrogen-bond acceptors (Lipinski definition) is 5. The van der Waals surface area contributed by atoms with Crippen molar-refractivity contribution in [1.82, 2.24) is 19.3 Å². The van der Waals surface area contributed by atoms with E-state index in [-0.39, 0.29) is 16.7 Å². The zero-order valence-electron chi connectivity index (χ0n) is 14.9. The number of halogens is 3. The third-order valence-corrected chi connectivity index (χ3v) is 5.21. The number of thioether (sulfide) groups is 1. The average Bonchev–Trinajstić information content (AvgIpc) is 3.29. The molecule has 0 saturated heterocycles. The third-order valence-electron chi connectivity index (χ3n) is 4.19. The fourth-order valence-corrected chi connectivity index (χ4v) is 3.57. The Morgan fingerprint density at radius 1 is 1.30 bits per heavy atom. The van der Waals surface area contributed by atoms with Crippen molar-refractivity contribution >= 4 is 17.5 Å². The molecule has 0 aliphatic rings. The first-order chi connectivity index (χ1) is 12.7. The van der Waals surface area contributed by atoms with Gasteiger partial charge < -0.3 is 13.6 Å². The highest BCUT2D eigenvalue weighted by Gasteiger charge is 2.37. The predicted molar refractivity (Wildman–Crippen MR) is 92.8 cm³/mol. The van der Waals surface area contributed by atoms with Gasteiger partial charge in [0, 0.05) is 24.0 Å². The molecule has 10 heteroatoms. The lowest BCUT2D eigenvalue weighted by Crippen LogP contribution is -2.13. The van der Waals surface area contributed by atoms with Crippen molar-refractivity contribution in [3.05, 3.63) is 53.0 Å². The van der Waals surface area contributed by atoms with E-state index in [1.807, 2.05) is 24.5 Å². The number of aromatic nitrogens is 4. The van der Waals surface area contributed by atoms with E-state index >= 15 is 0 Å².